The summed E-state index contributed by atoms with van der Waals surface area (Å²) in [6.45, 7) is 1.89. The molecule has 0 bridgehead atoms. The Labute approximate surface area is 108 Å². The molecule has 0 aliphatic carbocycles. The van der Waals surface area contributed by atoms with Gasteiger partial charge < -0.3 is 25.4 Å². The van der Waals surface area contributed by atoms with Crippen LogP contribution in [0.3, 0.4) is 0 Å². The molecule has 0 aromatic heterocycles. The molecule has 5 heteroatoms. The van der Waals surface area contributed by atoms with Gasteiger partial charge in [0.15, 0.2) is 6.29 Å². The highest BCUT2D eigenvalue weighted by molar-refractivity contribution is 5.72. The van der Waals surface area contributed by atoms with Crippen LogP contribution in [0, 0.1) is 5.92 Å². The summed E-state index contributed by atoms with van der Waals surface area (Å²) >= 11 is 0. The van der Waals surface area contributed by atoms with Gasteiger partial charge in [-0.15, -0.1) is 0 Å². The summed E-state index contributed by atoms with van der Waals surface area (Å²) in [6, 6.07) is 6.04. The second-order valence-electron chi connectivity index (χ2n) is 4.53. The first kappa shape index (κ1) is 13.0. The standard InChI is InChI=1S/C13H21N3O2/c1-15-12-6-10(4-5-11(12)14)16-7-9(8-16)13(17-2)18-3/h4-6,9,13,15H,7-8,14H2,1-3H3. The van der Waals surface area contributed by atoms with E-state index >= 15 is 0 Å². The molecular formula is C13H21N3O2. The summed E-state index contributed by atoms with van der Waals surface area (Å²) in [7, 11) is 5.23. The van der Waals surface area contributed by atoms with E-state index < -0.39 is 0 Å². The van der Waals surface area contributed by atoms with Crippen LogP contribution in [0.25, 0.3) is 0 Å². The molecule has 2 rings (SSSR count). The number of hydrogen-bond donors (Lipinski definition) is 2. The van der Waals surface area contributed by atoms with Crippen molar-refractivity contribution in [3.8, 4) is 0 Å². The Morgan fingerprint density at radius 2 is 2.00 bits per heavy atom. The van der Waals surface area contributed by atoms with Gasteiger partial charge in [0.1, 0.15) is 0 Å². The molecule has 1 fully saturated rings. The van der Waals surface area contributed by atoms with Crippen LogP contribution >= 0.6 is 0 Å². The highest BCUT2D eigenvalue weighted by Crippen LogP contribution is 2.31. The van der Waals surface area contributed by atoms with Gasteiger partial charge in [-0.25, -0.2) is 0 Å². The van der Waals surface area contributed by atoms with Gasteiger partial charge in [0, 0.05) is 46.0 Å². The van der Waals surface area contributed by atoms with Crippen LogP contribution in [0.1, 0.15) is 0 Å². The van der Waals surface area contributed by atoms with Crippen molar-refractivity contribution in [1.29, 1.82) is 0 Å². The lowest BCUT2D eigenvalue weighted by Crippen LogP contribution is -2.53. The van der Waals surface area contributed by atoms with Crippen LogP contribution in [0.5, 0.6) is 0 Å². The molecule has 0 amide bonds. The second-order valence-corrected chi connectivity index (χ2v) is 4.53. The van der Waals surface area contributed by atoms with Crippen LogP contribution < -0.4 is 16.0 Å². The van der Waals surface area contributed by atoms with E-state index in [1.165, 1.54) is 5.69 Å². The van der Waals surface area contributed by atoms with Gasteiger partial charge in [-0.1, -0.05) is 0 Å². The first-order valence-corrected chi connectivity index (χ1v) is 6.07. The fourth-order valence-corrected chi connectivity index (χ4v) is 2.33. The van der Waals surface area contributed by atoms with E-state index in [1.807, 2.05) is 19.2 Å². The molecule has 18 heavy (non-hydrogen) atoms. The van der Waals surface area contributed by atoms with Crippen molar-refractivity contribution in [3.63, 3.8) is 0 Å². The molecule has 3 N–H and O–H groups in total. The van der Waals surface area contributed by atoms with Crippen LogP contribution in [0.15, 0.2) is 18.2 Å². The Hall–Kier alpha value is -1.46. The number of nitrogens with two attached hydrogens (primary N) is 1. The number of methoxy groups -OCH3 is 2. The fourth-order valence-electron chi connectivity index (χ4n) is 2.33. The number of rotatable bonds is 5. The number of ether oxygens (including phenoxy) is 2. The van der Waals surface area contributed by atoms with Gasteiger partial charge >= 0.3 is 0 Å². The summed E-state index contributed by atoms with van der Waals surface area (Å²) in [4.78, 5) is 2.29. The average Bonchev–Trinajstić information content (AvgIpc) is 2.34. The Bertz CT molecular complexity index is 401. The molecule has 0 radical (unpaired) electrons. The lowest BCUT2D eigenvalue weighted by atomic mass is 9.98. The molecule has 100 valence electrons. The van der Waals surface area contributed by atoms with Crippen molar-refractivity contribution in [1.82, 2.24) is 0 Å². The Kier molecular flexibility index (Phi) is 3.93. The smallest absolute Gasteiger partial charge is 0.162 e. The van der Waals surface area contributed by atoms with Crippen molar-refractivity contribution >= 4 is 17.1 Å². The highest BCUT2D eigenvalue weighted by Gasteiger charge is 2.34. The molecule has 1 heterocycles. The third-order valence-electron chi connectivity index (χ3n) is 3.43. The molecule has 1 aliphatic heterocycles. The predicted molar refractivity (Wildman–Crippen MR) is 73.9 cm³/mol. The molecule has 1 aliphatic rings. The van der Waals surface area contributed by atoms with Gasteiger partial charge in [0.05, 0.1) is 11.4 Å². The van der Waals surface area contributed by atoms with Gasteiger partial charge in [-0.2, -0.15) is 0 Å². The van der Waals surface area contributed by atoms with Crippen molar-refractivity contribution < 1.29 is 9.47 Å². The monoisotopic (exact) mass is 251 g/mol. The molecule has 0 atom stereocenters. The Morgan fingerprint density at radius 3 is 2.56 bits per heavy atom. The third-order valence-corrected chi connectivity index (χ3v) is 3.43. The summed E-state index contributed by atoms with van der Waals surface area (Å²) in [5.41, 5.74) is 8.77. The number of anilines is 3. The van der Waals surface area contributed by atoms with Gasteiger partial charge in [0.2, 0.25) is 0 Å². The Morgan fingerprint density at radius 1 is 1.33 bits per heavy atom. The fraction of sp³-hybridized carbons (Fsp3) is 0.538. The number of benzene rings is 1. The lowest BCUT2D eigenvalue weighted by Gasteiger charge is -2.43. The summed E-state index contributed by atoms with van der Waals surface area (Å²) in [5.74, 6) is 0.426. The van der Waals surface area contributed by atoms with E-state index in [4.69, 9.17) is 15.2 Å². The molecule has 1 saturated heterocycles. The van der Waals surface area contributed by atoms with E-state index in [0.29, 0.717) is 5.92 Å². The van der Waals surface area contributed by atoms with E-state index in [0.717, 1.165) is 24.5 Å². The zero-order chi connectivity index (χ0) is 13.1. The maximum atomic E-state index is 5.86. The minimum atomic E-state index is -0.112. The third kappa shape index (κ3) is 2.37. The Balaban J connectivity index is 1.99. The summed E-state index contributed by atoms with van der Waals surface area (Å²) in [5, 5.41) is 3.09. The molecule has 0 spiro atoms. The van der Waals surface area contributed by atoms with Crippen LogP contribution in [-0.2, 0) is 9.47 Å². The maximum absolute atomic E-state index is 5.86. The SMILES string of the molecule is CNc1cc(N2CC(C(OC)OC)C2)ccc1N. The zero-order valence-corrected chi connectivity index (χ0v) is 11.1. The zero-order valence-electron chi connectivity index (χ0n) is 11.1. The molecule has 1 aromatic rings. The number of nitrogen functional groups attached to an aromatic ring is 1. The molecule has 1 aromatic carbocycles. The minimum absolute atomic E-state index is 0.112. The average molecular weight is 251 g/mol. The van der Waals surface area contributed by atoms with Crippen LogP contribution in [0.2, 0.25) is 0 Å². The maximum Gasteiger partial charge on any atom is 0.162 e. The van der Waals surface area contributed by atoms with E-state index in [9.17, 15) is 0 Å². The largest absolute Gasteiger partial charge is 0.397 e. The van der Waals surface area contributed by atoms with Gasteiger partial charge in [0.25, 0.3) is 0 Å². The first-order chi connectivity index (χ1) is 8.69. The van der Waals surface area contributed by atoms with Crippen LogP contribution in [-0.4, -0.2) is 40.6 Å². The molecular weight excluding hydrogens is 230 g/mol. The topological polar surface area (TPSA) is 59.8 Å². The number of nitrogens with one attached hydrogen (secondary N) is 1. The van der Waals surface area contributed by atoms with E-state index in [2.05, 4.69) is 16.3 Å². The minimum Gasteiger partial charge on any atom is -0.397 e. The normalized spacial score (nSPS) is 15.9. The van der Waals surface area contributed by atoms with E-state index in [-0.39, 0.29) is 6.29 Å². The first-order valence-electron chi connectivity index (χ1n) is 6.07. The van der Waals surface area contributed by atoms with E-state index in [1.54, 1.807) is 14.2 Å². The van der Waals surface area contributed by atoms with Crippen molar-refractivity contribution in [2.45, 2.75) is 6.29 Å². The van der Waals surface area contributed by atoms with Gasteiger partial charge in [-0.05, 0) is 18.2 Å². The van der Waals surface area contributed by atoms with Crippen molar-refractivity contribution in [2.24, 2.45) is 5.92 Å². The van der Waals surface area contributed by atoms with Gasteiger partial charge in [-0.3, -0.25) is 0 Å². The summed E-state index contributed by atoms with van der Waals surface area (Å²) < 4.78 is 10.5. The molecule has 0 saturated carbocycles. The van der Waals surface area contributed by atoms with Crippen molar-refractivity contribution in [3.05, 3.63) is 18.2 Å². The molecule has 5 nitrogen and oxygen atoms in total. The van der Waals surface area contributed by atoms with Crippen LogP contribution in [0.4, 0.5) is 17.1 Å². The molecule has 0 unspecified atom stereocenters. The second kappa shape index (κ2) is 5.46. The van der Waals surface area contributed by atoms with Crippen molar-refractivity contribution in [2.75, 3.05) is 50.3 Å². The predicted octanol–water partition coefficient (Wildman–Crippen LogP) is 1.37. The number of hydrogen-bond acceptors (Lipinski definition) is 5. The summed E-state index contributed by atoms with van der Waals surface area (Å²) in [6.07, 6.45) is -0.112. The highest BCUT2D eigenvalue weighted by atomic mass is 16.7. The lowest BCUT2D eigenvalue weighted by molar-refractivity contribution is -0.142. The quantitative estimate of drug-likeness (QED) is 0.611. The number of nitrogens with zero attached hydrogens (tertiary/aromatic N) is 1.